The van der Waals surface area contributed by atoms with Crippen molar-refractivity contribution in [1.82, 2.24) is 4.90 Å². The van der Waals surface area contributed by atoms with E-state index in [2.05, 4.69) is 56.9 Å². The molecule has 182 valence electrons. The van der Waals surface area contributed by atoms with Crippen molar-refractivity contribution in [2.24, 2.45) is 5.41 Å². The Morgan fingerprint density at radius 1 is 1.03 bits per heavy atom. The van der Waals surface area contributed by atoms with Crippen molar-refractivity contribution in [3.8, 4) is 0 Å². The number of carbonyl (C=O) groups is 1. The van der Waals surface area contributed by atoms with Crippen molar-refractivity contribution in [3.05, 3.63) is 29.8 Å². The number of likely N-dealkylation sites (tertiary alicyclic amines) is 1. The van der Waals surface area contributed by atoms with Crippen LogP contribution in [0.2, 0.25) is 0 Å². The number of piperidine rings is 1. The van der Waals surface area contributed by atoms with Gasteiger partial charge < -0.3 is 18.9 Å². The molecule has 33 heavy (non-hydrogen) atoms. The van der Waals surface area contributed by atoms with Crippen LogP contribution in [0.15, 0.2) is 24.3 Å². The third-order valence-corrected chi connectivity index (χ3v) is 8.59. The molecule has 5 rings (SSSR count). The maximum absolute atomic E-state index is 12.6. The van der Waals surface area contributed by atoms with Crippen LogP contribution in [-0.4, -0.2) is 54.9 Å². The van der Waals surface area contributed by atoms with Crippen molar-refractivity contribution in [2.45, 2.75) is 103 Å². The molecule has 2 unspecified atom stereocenters. The van der Waals surface area contributed by atoms with E-state index < -0.39 is 0 Å². The highest BCUT2D eigenvalue weighted by Gasteiger charge is 2.56. The number of amides is 1. The van der Waals surface area contributed by atoms with Crippen LogP contribution >= 0.6 is 0 Å². The molecule has 3 aliphatic heterocycles. The number of rotatable bonds is 4. The van der Waals surface area contributed by atoms with Crippen molar-refractivity contribution in [3.63, 3.8) is 0 Å². The van der Waals surface area contributed by atoms with Crippen LogP contribution < -0.4 is 5.46 Å². The zero-order chi connectivity index (χ0) is 23.9. The van der Waals surface area contributed by atoms with Gasteiger partial charge in [0, 0.05) is 19.7 Å². The van der Waals surface area contributed by atoms with Crippen LogP contribution in [0, 0.1) is 5.41 Å². The summed E-state index contributed by atoms with van der Waals surface area (Å²) in [6.45, 7) is 15.0. The van der Waals surface area contributed by atoms with Gasteiger partial charge in [0.05, 0.1) is 23.7 Å². The third kappa shape index (κ3) is 4.90. The molecule has 1 saturated carbocycles. The minimum Gasteiger partial charge on any atom is -0.399 e. The quantitative estimate of drug-likeness (QED) is 0.619. The van der Waals surface area contributed by atoms with E-state index >= 15 is 0 Å². The van der Waals surface area contributed by atoms with Gasteiger partial charge in [0.1, 0.15) is 0 Å². The van der Waals surface area contributed by atoms with E-state index in [0.717, 1.165) is 50.8 Å². The van der Waals surface area contributed by atoms with Crippen molar-refractivity contribution < 1.29 is 18.8 Å². The lowest BCUT2D eigenvalue weighted by molar-refractivity contribution is -0.135. The first-order valence-electron chi connectivity index (χ1n) is 13.0. The van der Waals surface area contributed by atoms with E-state index in [1.165, 1.54) is 12.0 Å². The van der Waals surface area contributed by atoms with Crippen LogP contribution in [0.4, 0.5) is 0 Å². The second kappa shape index (κ2) is 9.35. The van der Waals surface area contributed by atoms with Gasteiger partial charge in [-0.1, -0.05) is 38.1 Å². The Hall–Kier alpha value is -1.37. The molecular weight excluding hydrogens is 413 g/mol. The predicted molar refractivity (Wildman–Crippen MR) is 133 cm³/mol. The molecule has 6 heteroatoms. The Labute approximate surface area is 200 Å². The summed E-state index contributed by atoms with van der Waals surface area (Å²) in [5, 5.41) is 0. The maximum Gasteiger partial charge on any atom is 0.494 e. The van der Waals surface area contributed by atoms with Gasteiger partial charge in [-0.3, -0.25) is 4.79 Å². The number of ether oxygens (including phenoxy) is 1. The van der Waals surface area contributed by atoms with Gasteiger partial charge in [-0.25, -0.2) is 0 Å². The molecule has 0 aromatic heterocycles. The summed E-state index contributed by atoms with van der Waals surface area (Å²) >= 11 is 0. The minimum absolute atomic E-state index is 0.152. The highest BCUT2D eigenvalue weighted by Crippen LogP contribution is 2.64. The summed E-state index contributed by atoms with van der Waals surface area (Å²) in [5.41, 5.74) is 2.27. The topological polar surface area (TPSA) is 48.0 Å². The van der Waals surface area contributed by atoms with E-state index in [1.807, 2.05) is 13.8 Å². The minimum atomic E-state index is -0.313. The van der Waals surface area contributed by atoms with Crippen LogP contribution in [0.5, 0.6) is 0 Å². The van der Waals surface area contributed by atoms with Gasteiger partial charge in [-0.05, 0) is 82.2 Å². The lowest BCUT2D eigenvalue weighted by atomic mass is 9.78. The highest BCUT2D eigenvalue weighted by molar-refractivity contribution is 6.62. The molecule has 1 amide bonds. The third-order valence-electron chi connectivity index (χ3n) is 8.59. The average molecular weight is 455 g/mol. The first-order valence-corrected chi connectivity index (χ1v) is 13.0. The van der Waals surface area contributed by atoms with Gasteiger partial charge in [-0.15, -0.1) is 0 Å². The number of hydrogen-bond acceptors (Lipinski definition) is 4. The van der Waals surface area contributed by atoms with Gasteiger partial charge in [0.25, 0.3) is 0 Å². The van der Waals surface area contributed by atoms with Crippen LogP contribution in [0.25, 0.3) is 0 Å². The van der Waals surface area contributed by atoms with E-state index in [4.69, 9.17) is 14.0 Å². The Kier molecular flexibility index (Phi) is 7.01. The molecule has 0 radical (unpaired) electrons. The van der Waals surface area contributed by atoms with Crippen LogP contribution in [0.1, 0.15) is 91.5 Å². The summed E-state index contributed by atoms with van der Waals surface area (Å²) in [6.07, 6.45) is 6.33. The summed E-state index contributed by atoms with van der Waals surface area (Å²) in [5.74, 6) is 0.904. The molecule has 1 aromatic carbocycles. The standard InChI is InChI=1S/C25H36BNO4.C2H6/c1-23(2)24(3,4)31-26(30-23)19-9-7-18(8-10-19)21-17-25(21)11-13-27(14-12-25)22(28)16-20-6-5-15-29-20;1-2/h7-10,20-21H,5-6,11-17H2,1-4H3;1-2H3. The molecule has 5 nitrogen and oxygen atoms in total. The lowest BCUT2D eigenvalue weighted by Gasteiger charge is -2.33. The summed E-state index contributed by atoms with van der Waals surface area (Å²) in [6, 6.07) is 8.86. The molecule has 1 spiro atoms. The summed E-state index contributed by atoms with van der Waals surface area (Å²) in [7, 11) is -0.301. The zero-order valence-corrected chi connectivity index (χ0v) is 21.5. The van der Waals surface area contributed by atoms with Gasteiger partial charge in [0.15, 0.2) is 0 Å². The van der Waals surface area contributed by atoms with Gasteiger partial charge >= 0.3 is 7.12 Å². The monoisotopic (exact) mass is 455 g/mol. The largest absolute Gasteiger partial charge is 0.494 e. The summed E-state index contributed by atoms with van der Waals surface area (Å²) < 4.78 is 18.0. The first-order chi connectivity index (χ1) is 15.7. The molecule has 1 aromatic rings. The van der Waals surface area contributed by atoms with Crippen molar-refractivity contribution >= 4 is 18.5 Å². The lowest BCUT2D eigenvalue weighted by Crippen LogP contribution is -2.41. The molecule has 2 atom stereocenters. The van der Waals surface area contributed by atoms with Crippen molar-refractivity contribution in [2.75, 3.05) is 19.7 Å². The molecule has 4 fully saturated rings. The molecule has 0 N–H and O–H groups in total. The van der Waals surface area contributed by atoms with E-state index in [9.17, 15) is 4.79 Å². The normalized spacial score (nSPS) is 29.0. The Bertz CT molecular complexity index is 807. The molecule has 3 heterocycles. The van der Waals surface area contributed by atoms with Crippen molar-refractivity contribution in [1.29, 1.82) is 0 Å². The molecule has 1 aliphatic carbocycles. The first kappa shape index (κ1) is 24.7. The highest BCUT2D eigenvalue weighted by atomic mass is 16.7. The fourth-order valence-corrected chi connectivity index (χ4v) is 5.57. The predicted octanol–water partition coefficient (Wildman–Crippen LogP) is 4.68. The maximum atomic E-state index is 12.6. The zero-order valence-electron chi connectivity index (χ0n) is 21.5. The SMILES string of the molecule is CC.CC1(C)OB(c2ccc(C3CC34CCN(C(=O)CC3CCCO3)CC4)cc2)OC1(C)C. The van der Waals surface area contributed by atoms with Gasteiger partial charge in [-0.2, -0.15) is 0 Å². The summed E-state index contributed by atoms with van der Waals surface area (Å²) in [4.78, 5) is 14.7. The van der Waals surface area contributed by atoms with Gasteiger partial charge in [0.2, 0.25) is 5.91 Å². The van der Waals surface area contributed by atoms with Crippen LogP contribution in [-0.2, 0) is 18.8 Å². The van der Waals surface area contributed by atoms with E-state index in [0.29, 0.717) is 17.8 Å². The second-order valence-electron chi connectivity index (χ2n) is 11.1. The van der Waals surface area contributed by atoms with E-state index in [1.54, 1.807) is 0 Å². The average Bonchev–Trinajstić information content (AvgIpc) is 3.12. The number of benzene rings is 1. The number of nitrogens with zero attached hydrogens (tertiary/aromatic N) is 1. The fourth-order valence-electron chi connectivity index (χ4n) is 5.57. The van der Waals surface area contributed by atoms with Crippen LogP contribution in [0.3, 0.4) is 0 Å². The molecular formula is C27H42BNO4. The fraction of sp³-hybridized carbons (Fsp3) is 0.741. The molecule has 4 aliphatic rings. The smallest absolute Gasteiger partial charge is 0.399 e. The Balaban J connectivity index is 0.00000126. The number of hydrogen-bond donors (Lipinski definition) is 0. The Morgan fingerprint density at radius 2 is 1.64 bits per heavy atom. The second-order valence-corrected chi connectivity index (χ2v) is 11.1. The molecule has 0 bridgehead atoms. The molecule has 3 saturated heterocycles. The Morgan fingerprint density at radius 3 is 2.18 bits per heavy atom. The number of carbonyl (C=O) groups excluding carboxylic acids is 1. The van der Waals surface area contributed by atoms with E-state index in [-0.39, 0.29) is 30.3 Å².